The molecule has 0 radical (unpaired) electrons. The van der Waals surface area contributed by atoms with Crippen LogP contribution in [0.1, 0.15) is 31.7 Å². The van der Waals surface area contributed by atoms with Gasteiger partial charge in [0.15, 0.2) is 5.82 Å². The van der Waals surface area contributed by atoms with Crippen LogP contribution in [0, 0.1) is 11.6 Å². The third-order valence-electron chi connectivity index (χ3n) is 6.16. The number of fused-ring (bicyclic) bond motifs is 1. The van der Waals surface area contributed by atoms with Gasteiger partial charge in [0.1, 0.15) is 22.8 Å². The predicted octanol–water partition coefficient (Wildman–Crippen LogP) is 4.44. The van der Waals surface area contributed by atoms with Gasteiger partial charge < -0.3 is 25.4 Å². The monoisotopic (exact) mass is 493 g/mol. The van der Waals surface area contributed by atoms with Gasteiger partial charge in [0.25, 0.3) is 0 Å². The number of aliphatic hydroxyl groups is 1. The molecule has 0 aliphatic carbocycles. The molecule has 1 unspecified atom stereocenters. The van der Waals surface area contributed by atoms with Gasteiger partial charge in [-0.15, -0.1) is 0 Å². The molecule has 4 aromatic rings. The average Bonchev–Trinajstić information content (AvgIpc) is 3.36. The van der Waals surface area contributed by atoms with Crippen LogP contribution in [0.4, 0.5) is 20.3 Å². The van der Waals surface area contributed by atoms with Crippen LogP contribution in [0.15, 0.2) is 48.7 Å². The minimum Gasteiger partial charge on any atom is -0.494 e. The number of anilines is 2. The van der Waals surface area contributed by atoms with Crippen LogP contribution in [-0.2, 0) is 4.79 Å². The Morgan fingerprint density at radius 2 is 1.83 bits per heavy atom. The molecule has 5 rings (SSSR count). The molecule has 3 heterocycles. The van der Waals surface area contributed by atoms with E-state index >= 15 is 0 Å². The van der Waals surface area contributed by atoms with E-state index in [1.807, 2.05) is 12.1 Å². The van der Waals surface area contributed by atoms with Gasteiger partial charge in [-0.2, -0.15) is 0 Å². The average molecular weight is 494 g/mol. The highest BCUT2D eigenvalue weighted by Crippen LogP contribution is 2.35. The van der Waals surface area contributed by atoms with Crippen LogP contribution in [0.5, 0.6) is 5.88 Å². The number of likely N-dealkylation sites (tertiary alicyclic amines) is 1. The van der Waals surface area contributed by atoms with Gasteiger partial charge >= 0.3 is 0 Å². The second-order valence-electron chi connectivity index (χ2n) is 9.55. The highest BCUT2D eigenvalue weighted by Gasteiger charge is 2.35. The molecule has 0 spiro atoms. The summed E-state index contributed by atoms with van der Waals surface area (Å²) in [6, 6.07) is 10.7. The quantitative estimate of drug-likeness (QED) is 0.316. The Hall–Kier alpha value is -4.05. The number of aromatic nitrogens is 3. The van der Waals surface area contributed by atoms with Gasteiger partial charge in [0.2, 0.25) is 11.8 Å². The fraction of sp³-hybridized carbons (Fsp3) is 0.269. The molecule has 1 saturated heterocycles. The molecule has 1 fully saturated rings. The van der Waals surface area contributed by atoms with E-state index < -0.39 is 17.2 Å². The molecule has 8 nitrogen and oxygen atoms in total. The molecule has 36 heavy (non-hydrogen) atoms. The summed E-state index contributed by atoms with van der Waals surface area (Å²) in [6.07, 6.45) is 2.08. The van der Waals surface area contributed by atoms with Crippen LogP contribution in [0.25, 0.3) is 22.3 Å². The largest absolute Gasteiger partial charge is 0.494 e. The predicted molar refractivity (Wildman–Crippen MR) is 131 cm³/mol. The zero-order valence-corrected chi connectivity index (χ0v) is 19.7. The number of aromatic hydroxyl groups is 1. The van der Waals surface area contributed by atoms with Crippen molar-refractivity contribution in [2.75, 3.05) is 18.4 Å². The van der Waals surface area contributed by atoms with Crippen LogP contribution < -0.4 is 5.32 Å². The highest BCUT2D eigenvalue weighted by atomic mass is 19.1. The highest BCUT2D eigenvalue weighted by molar-refractivity contribution is 5.96. The van der Waals surface area contributed by atoms with Gasteiger partial charge in [-0.1, -0.05) is 18.2 Å². The Kier molecular flexibility index (Phi) is 5.83. The number of carbonyl (C=O) groups excluding carboxylic acids is 1. The second kappa shape index (κ2) is 8.87. The van der Waals surface area contributed by atoms with Crippen molar-refractivity contribution in [2.24, 2.45) is 0 Å². The first kappa shape index (κ1) is 23.7. The standard InChI is InChI=1S/C26H25F2N5O3/c1-26(2,36)13-33-11-10-16(25(33)35)14-6-8-15(9-7-14)30-23-21-19(12-29-24(21)34)31-22(32-23)20-17(27)4-3-5-18(20)28/h3-9,12,16,29,34,36H,10-11,13H2,1-2H3,(H,30,31,32). The number of hydrogen-bond donors (Lipinski definition) is 4. The number of β-amino-alcohol motifs (C(OH)–C–C–N with tert-alkyl or cyclic N) is 1. The molecule has 0 bridgehead atoms. The summed E-state index contributed by atoms with van der Waals surface area (Å²) in [6.45, 7) is 4.20. The Bertz CT molecular complexity index is 1430. The molecule has 2 aromatic carbocycles. The molecule has 10 heteroatoms. The van der Waals surface area contributed by atoms with E-state index in [1.165, 1.54) is 12.3 Å². The molecule has 4 N–H and O–H groups in total. The van der Waals surface area contributed by atoms with Gasteiger partial charge in [-0.3, -0.25) is 4.79 Å². The summed E-state index contributed by atoms with van der Waals surface area (Å²) in [4.78, 5) is 25.7. The summed E-state index contributed by atoms with van der Waals surface area (Å²) >= 11 is 0. The lowest BCUT2D eigenvalue weighted by Crippen LogP contribution is -2.39. The van der Waals surface area contributed by atoms with Crippen molar-refractivity contribution in [2.45, 2.75) is 31.8 Å². The van der Waals surface area contributed by atoms with E-state index in [1.54, 1.807) is 30.9 Å². The minimum atomic E-state index is -0.963. The Morgan fingerprint density at radius 1 is 1.14 bits per heavy atom. The molecular formula is C26H25F2N5O3. The number of amides is 1. The first-order chi connectivity index (χ1) is 17.1. The SMILES string of the molecule is CC(C)(O)CN1CCC(c2ccc(Nc3nc(-c4c(F)cccc4F)nc4c[nH]c(O)c34)cc2)C1=O. The number of nitrogens with one attached hydrogen (secondary N) is 2. The number of nitrogens with zero attached hydrogens (tertiary/aromatic N) is 3. The topological polar surface area (TPSA) is 114 Å². The zero-order valence-electron chi connectivity index (χ0n) is 19.7. The van der Waals surface area contributed by atoms with E-state index in [-0.39, 0.29) is 52.4 Å². The minimum absolute atomic E-state index is 0.0239. The first-order valence-electron chi connectivity index (χ1n) is 11.5. The lowest BCUT2D eigenvalue weighted by atomic mass is 9.97. The third-order valence-corrected chi connectivity index (χ3v) is 6.16. The number of benzene rings is 2. The van der Waals surface area contributed by atoms with Gasteiger partial charge in [-0.25, -0.2) is 18.7 Å². The Morgan fingerprint density at radius 3 is 2.50 bits per heavy atom. The van der Waals surface area contributed by atoms with Crippen molar-refractivity contribution in [1.82, 2.24) is 19.9 Å². The smallest absolute Gasteiger partial charge is 0.230 e. The van der Waals surface area contributed by atoms with E-state index in [4.69, 9.17) is 0 Å². The molecule has 1 amide bonds. The Balaban J connectivity index is 1.43. The van der Waals surface area contributed by atoms with Crippen molar-refractivity contribution in [3.05, 3.63) is 65.9 Å². The van der Waals surface area contributed by atoms with Crippen molar-refractivity contribution in [1.29, 1.82) is 0 Å². The van der Waals surface area contributed by atoms with Crippen molar-refractivity contribution >= 4 is 28.3 Å². The molecule has 1 aliphatic rings. The van der Waals surface area contributed by atoms with Crippen molar-refractivity contribution < 1.29 is 23.8 Å². The summed E-state index contributed by atoms with van der Waals surface area (Å²) in [5.41, 5.74) is 0.389. The molecule has 0 saturated carbocycles. The maximum Gasteiger partial charge on any atom is 0.230 e. The lowest BCUT2D eigenvalue weighted by Gasteiger charge is -2.25. The molecule has 2 aromatic heterocycles. The normalized spacial score (nSPS) is 16.2. The number of halogens is 2. The van der Waals surface area contributed by atoms with Gasteiger partial charge in [-0.05, 0) is 50.1 Å². The number of carbonyl (C=O) groups is 1. The van der Waals surface area contributed by atoms with Crippen LogP contribution in [0.2, 0.25) is 0 Å². The van der Waals surface area contributed by atoms with Crippen LogP contribution >= 0.6 is 0 Å². The van der Waals surface area contributed by atoms with Gasteiger partial charge in [0, 0.05) is 25.0 Å². The van der Waals surface area contributed by atoms with Crippen molar-refractivity contribution in [3.8, 4) is 17.3 Å². The summed E-state index contributed by atoms with van der Waals surface area (Å²) < 4.78 is 28.8. The fourth-order valence-electron chi connectivity index (χ4n) is 4.55. The van der Waals surface area contributed by atoms with E-state index in [0.717, 1.165) is 17.7 Å². The molecule has 1 atom stereocenters. The first-order valence-corrected chi connectivity index (χ1v) is 11.5. The second-order valence-corrected chi connectivity index (χ2v) is 9.55. The third kappa shape index (κ3) is 4.47. The van der Waals surface area contributed by atoms with Gasteiger partial charge in [0.05, 0.1) is 22.6 Å². The van der Waals surface area contributed by atoms with Crippen LogP contribution in [-0.4, -0.2) is 54.7 Å². The van der Waals surface area contributed by atoms with E-state index in [9.17, 15) is 23.8 Å². The number of rotatable bonds is 6. The molecule has 186 valence electrons. The maximum atomic E-state index is 14.4. The van der Waals surface area contributed by atoms with Crippen molar-refractivity contribution in [3.63, 3.8) is 0 Å². The fourth-order valence-corrected chi connectivity index (χ4v) is 4.55. The summed E-state index contributed by atoms with van der Waals surface area (Å²) in [7, 11) is 0. The zero-order chi connectivity index (χ0) is 25.6. The van der Waals surface area contributed by atoms with E-state index in [0.29, 0.717) is 18.7 Å². The Labute approximate surface area is 205 Å². The molecule has 1 aliphatic heterocycles. The summed E-state index contributed by atoms with van der Waals surface area (Å²) in [5.74, 6) is -2.11. The molecular weight excluding hydrogens is 468 g/mol. The summed E-state index contributed by atoms with van der Waals surface area (Å²) in [5, 5.41) is 23.7. The van der Waals surface area contributed by atoms with E-state index in [2.05, 4.69) is 20.3 Å². The number of aromatic amines is 1. The maximum absolute atomic E-state index is 14.4. The number of hydrogen-bond acceptors (Lipinski definition) is 6. The van der Waals surface area contributed by atoms with Crippen LogP contribution in [0.3, 0.4) is 0 Å². The number of H-pyrrole nitrogens is 1. The lowest BCUT2D eigenvalue weighted by molar-refractivity contribution is -0.131.